The van der Waals surface area contributed by atoms with E-state index in [-0.39, 0.29) is 12.4 Å². The van der Waals surface area contributed by atoms with Crippen molar-refractivity contribution >= 4 is 25.5 Å². The smallest absolute Gasteiger partial charge is 0.459 e. The normalized spacial score (nSPS) is 26.4. The van der Waals surface area contributed by atoms with Crippen molar-refractivity contribution in [2.45, 2.75) is 62.2 Å². The minimum atomic E-state index is -4.20. The van der Waals surface area contributed by atoms with Crippen LogP contribution in [0.5, 0.6) is 5.75 Å². The van der Waals surface area contributed by atoms with Gasteiger partial charge in [0.2, 0.25) is 0 Å². The molecule has 2 aromatic rings. The molecule has 4 N–H and O–H groups in total. The van der Waals surface area contributed by atoms with E-state index in [0.29, 0.717) is 0 Å². The molecule has 198 valence electrons. The molecule has 0 saturated carbocycles. The fourth-order valence-electron chi connectivity index (χ4n) is 3.50. The topological polar surface area (TPSA) is 169 Å². The lowest BCUT2D eigenvalue weighted by Gasteiger charge is -2.29. The molecule has 0 bridgehead atoms. The number of nitrogens with zero attached hydrogens (tertiary/aromatic N) is 1. The van der Waals surface area contributed by atoms with Gasteiger partial charge >= 0.3 is 19.4 Å². The fraction of sp³-hybridized carbons (Fsp3) is 0.500. The maximum absolute atomic E-state index is 13.6. The van der Waals surface area contributed by atoms with E-state index in [9.17, 15) is 29.2 Å². The molecule has 0 radical (unpaired) electrons. The quantitative estimate of drug-likeness (QED) is 0.252. The van der Waals surface area contributed by atoms with Crippen LogP contribution >= 0.6 is 19.5 Å². The molecule has 1 fully saturated rings. The molecule has 1 unspecified atom stereocenters. The molecule has 6 atom stereocenters. The summed E-state index contributed by atoms with van der Waals surface area (Å²) in [6.45, 7) is 5.76. The minimum absolute atomic E-state index is 0.210. The maximum atomic E-state index is 13.6. The van der Waals surface area contributed by atoms with Crippen LogP contribution in [0.25, 0.3) is 0 Å². The lowest BCUT2D eigenvalue weighted by molar-refractivity contribution is -0.149. The highest BCUT2D eigenvalue weighted by atomic mass is 32.2. The van der Waals surface area contributed by atoms with Crippen molar-refractivity contribution in [1.82, 2.24) is 14.6 Å². The number of hydrogen-bond acceptors (Lipinski definition) is 10. The molecule has 0 aliphatic carbocycles. The zero-order valence-electron chi connectivity index (χ0n) is 20.2. The lowest BCUT2D eigenvalue weighted by atomic mass is 9.96. The number of aliphatic hydroxyl groups excluding tert-OH is 1. The molecular formula is C22H30N3O9PS. The second-order valence-corrected chi connectivity index (χ2v) is 11.8. The predicted molar refractivity (Wildman–Crippen MR) is 133 cm³/mol. The third-order valence-electron chi connectivity index (χ3n) is 5.29. The Labute approximate surface area is 211 Å². The molecule has 1 aliphatic rings. The van der Waals surface area contributed by atoms with Gasteiger partial charge in [0, 0.05) is 12.3 Å². The summed E-state index contributed by atoms with van der Waals surface area (Å²) in [7, 11) is -4.20. The number of carbonyl (C=O) groups excluding carboxylic acids is 1. The van der Waals surface area contributed by atoms with Gasteiger partial charge in [-0.2, -0.15) is 5.09 Å². The number of esters is 1. The van der Waals surface area contributed by atoms with Crippen molar-refractivity contribution in [3.63, 3.8) is 0 Å². The molecule has 1 saturated heterocycles. The van der Waals surface area contributed by atoms with E-state index in [4.69, 9.17) is 13.8 Å². The number of rotatable bonds is 10. The summed E-state index contributed by atoms with van der Waals surface area (Å²) in [5.41, 5.74) is -3.16. The summed E-state index contributed by atoms with van der Waals surface area (Å²) >= 11 is 0.999. The number of benzene rings is 1. The Morgan fingerprint density at radius 2 is 1.92 bits per heavy atom. The largest absolute Gasteiger partial charge is 0.462 e. The van der Waals surface area contributed by atoms with E-state index in [0.717, 1.165) is 22.4 Å². The zero-order chi connectivity index (χ0) is 26.7. The molecule has 36 heavy (non-hydrogen) atoms. The molecule has 0 amide bonds. The predicted octanol–water partition coefficient (Wildman–Crippen LogP) is 1.40. The number of thioether (sulfide) groups is 1. The molecule has 3 rings (SSSR count). The minimum Gasteiger partial charge on any atom is -0.462 e. The number of aromatic nitrogens is 2. The molecule has 14 heteroatoms. The van der Waals surface area contributed by atoms with Gasteiger partial charge in [0.15, 0.2) is 0 Å². The van der Waals surface area contributed by atoms with Gasteiger partial charge in [-0.05, 0) is 39.8 Å². The van der Waals surface area contributed by atoms with E-state index < -0.39 is 59.4 Å². The van der Waals surface area contributed by atoms with Crippen molar-refractivity contribution in [2.24, 2.45) is 0 Å². The van der Waals surface area contributed by atoms with Crippen LogP contribution in [0.4, 0.5) is 0 Å². The molecule has 1 aromatic heterocycles. The van der Waals surface area contributed by atoms with Gasteiger partial charge in [0.1, 0.15) is 22.8 Å². The van der Waals surface area contributed by atoms with Crippen LogP contribution in [-0.4, -0.2) is 61.4 Å². The van der Waals surface area contributed by atoms with Gasteiger partial charge in [0.25, 0.3) is 5.56 Å². The van der Waals surface area contributed by atoms with Crippen LogP contribution in [-0.2, 0) is 18.6 Å². The van der Waals surface area contributed by atoms with Crippen molar-refractivity contribution in [2.75, 3.05) is 6.61 Å². The third-order valence-corrected chi connectivity index (χ3v) is 8.64. The number of aromatic amines is 1. The van der Waals surface area contributed by atoms with Gasteiger partial charge in [-0.1, -0.05) is 18.2 Å². The van der Waals surface area contributed by atoms with Crippen LogP contribution in [0.3, 0.4) is 0 Å². The number of para-hydroxylation sites is 1. The summed E-state index contributed by atoms with van der Waals surface area (Å²) in [6.07, 6.45) is -0.576. The maximum Gasteiger partial charge on any atom is 0.459 e. The second-order valence-electron chi connectivity index (χ2n) is 8.75. The lowest BCUT2D eigenvalue weighted by Crippen LogP contribution is -2.46. The molecule has 1 aromatic carbocycles. The van der Waals surface area contributed by atoms with Crippen LogP contribution in [0, 0.1) is 0 Å². The van der Waals surface area contributed by atoms with Gasteiger partial charge in [0.05, 0.1) is 24.1 Å². The number of carbonyl (C=O) groups is 1. The summed E-state index contributed by atoms with van der Waals surface area (Å²) in [4.78, 5) is 38.1. The van der Waals surface area contributed by atoms with E-state index in [2.05, 4.69) is 10.1 Å². The molecular weight excluding hydrogens is 513 g/mol. The first-order valence-corrected chi connectivity index (χ1v) is 13.7. The number of hydrogen-bond donors (Lipinski definition) is 4. The second kappa shape index (κ2) is 11.3. The van der Waals surface area contributed by atoms with Gasteiger partial charge in [-0.15, -0.1) is 11.8 Å². The van der Waals surface area contributed by atoms with Crippen molar-refractivity contribution in [3.8, 4) is 5.75 Å². The Balaban J connectivity index is 1.80. The Hall–Kier alpha value is -2.41. The average Bonchev–Trinajstić information content (AvgIpc) is 3.01. The number of H-pyrrole nitrogens is 1. The number of aliphatic hydroxyl groups is 2. The summed E-state index contributed by atoms with van der Waals surface area (Å²) < 4.78 is 31.1. The molecule has 2 heterocycles. The highest BCUT2D eigenvalue weighted by molar-refractivity contribution is 8.00. The Kier molecular flexibility index (Phi) is 8.86. The van der Waals surface area contributed by atoms with Gasteiger partial charge in [-0.25, -0.2) is 9.36 Å². The van der Waals surface area contributed by atoms with Gasteiger partial charge in [-0.3, -0.25) is 23.7 Å². The Morgan fingerprint density at radius 1 is 1.25 bits per heavy atom. The standard InChI is InChI=1S/C22H30N3O9PS/c1-13(2)33-19(28)14(3)24-35(31,34-15-8-6-5-7-9-15)32-12-16-18(27)22(4,30)20(36-16)25-11-10-17(26)23-21(25)29/h5-11,13-14,16,18,20,27,30H,12H2,1-4H3,(H,24,31)(H,23,26,29)/t14-,16-,18-,20-,22-,35?/m1/s1. The first kappa shape index (κ1) is 28.2. The highest BCUT2D eigenvalue weighted by Crippen LogP contribution is 2.51. The van der Waals surface area contributed by atoms with E-state index in [1.165, 1.54) is 20.0 Å². The zero-order valence-corrected chi connectivity index (χ0v) is 21.9. The van der Waals surface area contributed by atoms with E-state index in [1.807, 2.05) is 0 Å². The summed E-state index contributed by atoms with van der Waals surface area (Å²) in [5.74, 6) is -0.455. The molecule has 0 spiro atoms. The van der Waals surface area contributed by atoms with Crippen LogP contribution in [0.1, 0.15) is 33.1 Å². The van der Waals surface area contributed by atoms with Crippen LogP contribution < -0.4 is 20.9 Å². The van der Waals surface area contributed by atoms with Gasteiger partial charge < -0.3 is 19.5 Å². The summed E-state index contributed by atoms with van der Waals surface area (Å²) in [5, 5.41) is 22.5. The highest BCUT2D eigenvalue weighted by Gasteiger charge is 2.53. The van der Waals surface area contributed by atoms with E-state index in [1.54, 1.807) is 44.2 Å². The number of ether oxygens (including phenoxy) is 1. The Morgan fingerprint density at radius 3 is 2.53 bits per heavy atom. The fourth-order valence-corrected chi connectivity index (χ4v) is 6.73. The first-order valence-electron chi connectivity index (χ1n) is 11.2. The van der Waals surface area contributed by atoms with Crippen molar-refractivity contribution in [1.29, 1.82) is 0 Å². The van der Waals surface area contributed by atoms with Crippen LogP contribution in [0.2, 0.25) is 0 Å². The third kappa shape index (κ3) is 6.67. The summed E-state index contributed by atoms with van der Waals surface area (Å²) in [6, 6.07) is 8.24. The molecule has 12 nitrogen and oxygen atoms in total. The van der Waals surface area contributed by atoms with E-state index >= 15 is 0 Å². The number of nitrogens with one attached hydrogen (secondary N) is 2. The van der Waals surface area contributed by atoms with Crippen LogP contribution in [0.15, 0.2) is 52.2 Å². The first-order chi connectivity index (χ1) is 16.8. The van der Waals surface area contributed by atoms with Crippen molar-refractivity contribution < 1.29 is 33.4 Å². The monoisotopic (exact) mass is 543 g/mol. The average molecular weight is 544 g/mol. The molecule has 1 aliphatic heterocycles. The SMILES string of the molecule is CC(C)OC(=O)[C@@H](C)NP(=O)(OC[C@H]1S[C@@H](n2ccc(=O)[nH]c2=O)[C@](C)(O)[C@@H]1O)Oc1ccccc1. The Bertz CT molecular complexity index is 1220. The van der Waals surface area contributed by atoms with Crippen molar-refractivity contribution in [3.05, 3.63) is 63.4 Å².